The number of hydrogen-bond donors (Lipinski definition) is 1. The second-order valence-electron chi connectivity index (χ2n) is 6.11. The number of nitrogens with one attached hydrogen (secondary N) is 1. The van der Waals surface area contributed by atoms with E-state index in [1.807, 2.05) is 0 Å². The fraction of sp³-hybridized carbons (Fsp3) is 0.750. The van der Waals surface area contributed by atoms with Crippen molar-refractivity contribution >= 4 is 41.3 Å². The van der Waals surface area contributed by atoms with Crippen LogP contribution in [0, 0.1) is 11.8 Å². The van der Waals surface area contributed by atoms with Gasteiger partial charge in [0.05, 0.1) is 17.2 Å². The van der Waals surface area contributed by atoms with Crippen LogP contribution < -0.4 is 5.32 Å². The van der Waals surface area contributed by atoms with Crippen LogP contribution in [0.1, 0.15) is 44.8 Å². The van der Waals surface area contributed by atoms with Gasteiger partial charge in [-0.15, -0.1) is 35.3 Å². The van der Waals surface area contributed by atoms with Gasteiger partial charge in [0.1, 0.15) is 0 Å². The number of likely N-dealkylation sites (tertiary alicyclic amines) is 1. The monoisotopic (exact) mass is 436 g/mol. The molecule has 0 amide bonds. The number of nitrogens with zero attached hydrogens (tertiary/aromatic N) is 3. The number of thiazole rings is 1. The number of aliphatic imine (C=N–C) groups is 1. The van der Waals surface area contributed by atoms with Gasteiger partial charge in [0.2, 0.25) is 0 Å². The molecule has 1 N–H and O–H groups in total. The fourth-order valence-electron chi connectivity index (χ4n) is 3.00. The zero-order valence-corrected chi connectivity index (χ0v) is 17.3. The van der Waals surface area contributed by atoms with Crippen LogP contribution in [0.5, 0.6) is 0 Å². The van der Waals surface area contributed by atoms with Crippen molar-refractivity contribution in [1.82, 2.24) is 15.2 Å². The maximum Gasteiger partial charge on any atom is 0.194 e. The molecule has 2 heterocycles. The summed E-state index contributed by atoms with van der Waals surface area (Å²) in [5.41, 5.74) is 1.09. The van der Waals surface area contributed by atoms with Gasteiger partial charge in [-0.3, -0.25) is 0 Å². The summed E-state index contributed by atoms with van der Waals surface area (Å²) in [6.45, 7) is 12.7. The lowest BCUT2D eigenvalue weighted by molar-refractivity contribution is 0.208. The highest BCUT2D eigenvalue weighted by Crippen LogP contribution is 2.21. The first-order valence-corrected chi connectivity index (χ1v) is 8.96. The van der Waals surface area contributed by atoms with Crippen LogP contribution in [-0.2, 0) is 13.0 Å². The Morgan fingerprint density at radius 3 is 2.59 bits per heavy atom. The average Bonchev–Trinajstić information content (AvgIpc) is 2.90. The maximum atomic E-state index is 4.80. The summed E-state index contributed by atoms with van der Waals surface area (Å²) in [7, 11) is 0. The van der Waals surface area contributed by atoms with E-state index in [4.69, 9.17) is 4.99 Å². The molecule has 1 aromatic rings. The summed E-state index contributed by atoms with van der Waals surface area (Å²) in [4.78, 5) is 11.8. The first-order valence-electron chi connectivity index (χ1n) is 8.08. The molecule has 2 unspecified atom stereocenters. The molecule has 0 radical (unpaired) electrons. The highest BCUT2D eigenvalue weighted by atomic mass is 127. The van der Waals surface area contributed by atoms with Gasteiger partial charge >= 0.3 is 0 Å². The normalized spacial score (nSPS) is 22.4. The molecule has 1 aliphatic rings. The summed E-state index contributed by atoms with van der Waals surface area (Å²) in [6.07, 6.45) is 2.33. The number of aryl methyl sites for hydroxylation is 1. The zero-order chi connectivity index (χ0) is 15.2. The third kappa shape index (κ3) is 5.68. The van der Waals surface area contributed by atoms with Gasteiger partial charge in [-0.05, 0) is 31.6 Å². The van der Waals surface area contributed by atoms with Crippen molar-refractivity contribution < 1.29 is 0 Å². The van der Waals surface area contributed by atoms with Crippen LogP contribution in [0.2, 0.25) is 0 Å². The molecule has 1 aromatic heterocycles. The van der Waals surface area contributed by atoms with E-state index in [9.17, 15) is 0 Å². The largest absolute Gasteiger partial charge is 0.357 e. The molecule has 1 aliphatic heterocycles. The maximum absolute atomic E-state index is 4.80. The molecule has 2 rings (SSSR count). The van der Waals surface area contributed by atoms with Gasteiger partial charge in [-0.25, -0.2) is 9.98 Å². The van der Waals surface area contributed by atoms with E-state index < -0.39 is 0 Å². The summed E-state index contributed by atoms with van der Waals surface area (Å²) < 4.78 is 0. The van der Waals surface area contributed by atoms with Gasteiger partial charge in [-0.2, -0.15) is 0 Å². The van der Waals surface area contributed by atoms with Crippen molar-refractivity contribution in [2.45, 2.75) is 47.1 Å². The van der Waals surface area contributed by atoms with Crippen LogP contribution >= 0.6 is 35.3 Å². The molecule has 1 saturated heterocycles. The first-order chi connectivity index (χ1) is 10.1. The Morgan fingerprint density at radius 2 is 2.05 bits per heavy atom. The minimum absolute atomic E-state index is 0. The van der Waals surface area contributed by atoms with Gasteiger partial charge in [0, 0.05) is 25.0 Å². The Labute approximate surface area is 155 Å². The molecule has 22 heavy (non-hydrogen) atoms. The second-order valence-corrected chi connectivity index (χ2v) is 7.05. The SMILES string of the molecule is CCNC(=NCc1csc(CC)n1)N1CC(C)CC(C)C1.I. The van der Waals surface area contributed by atoms with Crippen molar-refractivity contribution in [3.63, 3.8) is 0 Å². The molecule has 0 spiro atoms. The first kappa shape index (κ1) is 19.7. The Kier molecular flexibility index (Phi) is 8.67. The van der Waals surface area contributed by atoms with Crippen molar-refractivity contribution in [2.24, 2.45) is 16.8 Å². The molecule has 2 atom stereocenters. The molecule has 0 aliphatic carbocycles. The van der Waals surface area contributed by atoms with Crippen LogP contribution in [0.3, 0.4) is 0 Å². The smallest absolute Gasteiger partial charge is 0.194 e. The predicted molar refractivity (Wildman–Crippen MR) is 106 cm³/mol. The molecule has 4 nitrogen and oxygen atoms in total. The van der Waals surface area contributed by atoms with E-state index in [1.54, 1.807) is 11.3 Å². The molecule has 0 aromatic carbocycles. The van der Waals surface area contributed by atoms with Crippen LogP contribution in [-0.4, -0.2) is 35.5 Å². The molecular formula is C16H29IN4S. The van der Waals surface area contributed by atoms with Gasteiger partial charge in [0.25, 0.3) is 0 Å². The van der Waals surface area contributed by atoms with E-state index >= 15 is 0 Å². The van der Waals surface area contributed by atoms with E-state index in [2.05, 4.69) is 48.3 Å². The Morgan fingerprint density at radius 1 is 1.36 bits per heavy atom. The summed E-state index contributed by atoms with van der Waals surface area (Å²) in [5, 5.41) is 6.77. The van der Waals surface area contributed by atoms with Crippen LogP contribution in [0.25, 0.3) is 0 Å². The Bertz CT molecular complexity index is 464. The molecule has 6 heteroatoms. The Hall–Kier alpha value is -0.370. The second kappa shape index (κ2) is 9.70. The van der Waals surface area contributed by atoms with E-state index in [-0.39, 0.29) is 24.0 Å². The zero-order valence-electron chi connectivity index (χ0n) is 14.1. The van der Waals surface area contributed by atoms with Crippen molar-refractivity contribution in [3.05, 3.63) is 16.1 Å². The third-order valence-electron chi connectivity index (χ3n) is 3.80. The van der Waals surface area contributed by atoms with Gasteiger partial charge < -0.3 is 10.2 Å². The highest BCUT2D eigenvalue weighted by molar-refractivity contribution is 14.0. The topological polar surface area (TPSA) is 40.5 Å². The number of guanidine groups is 1. The van der Waals surface area contributed by atoms with Crippen molar-refractivity contribution in [3.8, 4) is 0 Å². The lowest BCUT2D eigenvalue weighted by Gasteiger charge is -2.37. The standard InChI is InChI=1S/C16H28N4S.HI/c1-5-15-19-14(11-21-15)8-18-16(17-6-2)20-9-12(3)7-13(4)10-20;/h11-13H,5-10H2,1-4H3,(H,17,18);1H. The lowest BCUT2D eigenvalue weighted by Crippen LogP contribution is -2.48. The number of halogens is 1. The number of aromatic nitrogens is 1. The average molecular weight is 436 g/mol. The van der Waals surface area contributed by atoms with Crippen LogP contribution in [0.4, 0.5) is 0 Å². The minimum Gasteiger partial charge on any atom is -0.357 e. The van der Waals surface area contributed by atoms with Gasteiger partial charge in [-0.1, -0.05) is 20.8 Å². The predicted octanol–water partition coefficient (Wildman–Crippen LogP) is 3.77. The summed E-state index contributed by atoms with van der Waals surface area (Å²) >= 11 is 1.74. The number of piperidine rings is 1. The molecule has 126 valence electrons. The van der Waals surface area contributed by atoms with Gasteiger partial charge in [0.15, 0.2) is 5.96 Å². The number of rotatable bonds is 4. The Balaban J connectivity index is 0.00000242. The van der Waals surface area contributed by atoms with Crippen molar-refractivity contribution in [1.29, 1.82) is 0 Å². The third-order valence-corrected chi connectivity index (χ3v) is 4.84. The molecular weight excluding hydrogens is 407 g/mol. The molecule has 0 saturated carbocycles. The highest BCUT2D eigenvalue weighted by Gasteiger charge is 2.23. The minimum atomic E-state index is 0. The van der Waals surface area contributed by atoms with Crippen LogP contribution in [0.15, 0.2) is 10.4 Å². The lowest BCUT2D eigenvalue weighted by atomic mass is 9.92. The van der Waals surface area contributed by atoms with E-state index in [0.717, 1.165) is 49.5 Å². The van der Waals surface area contributed by atoms with E-state index in [1.165, 1.54) is 11.4 Å². The molecule has 0 bridgehead atoms. The molecule has 1 fully saturated rings. The summed E-state index contributed by atoms with van der Waals surface area (Å²) in [6, 6.07) is 0. The quantitative estimate of drug-likeness (QED) is 0.444. The number of hydrogen-bond acceptors (Lipinski definition) is 3. The fourth-order valence-corrected chi connectivity index (χ4v) is 3.74. The summed E-state index contributed by atoms with van der Waals surface area (Å²) in [5.74, 6) is 2.52. The van der Waals surface area contributed by atoms with Crippen molar-refractivity contribution in [2.75, 3.05) is 19.6 Å². The van der Waals surface area contributed by atoms with E-state index in [0.29, 0.717) is 6.54 Å².